The highest BCUT2D eigenvalue weighted by Gasteiger charge is 2.28. The average Bonchev–Trinajstić information content (AvgIpc) is 2.70. The predicted octanol–water partition coefficient (Wildman–Crippen LogP) is 3.36. The first-order chi connectivity index (χ1) is 13.7. The molecule has 0 fully saturated rings. The number of rotatable bonds is 12. The normalized spacial score (nSPS) is 11.0. The largest absolute Gasteiger partial charge is 0.420 e. The second-order valence-corrected chi connectivity index (χ2v) is 5.72. The van der Waals surface area contributed by atoms with Crippen LogP contribution >= 0.6 is 0 Å². The number of carbonyl (C=O) groups is 2. The lowest BCUT2D eigenvalue weighted by atomic mass is 10.2. The van der Waals surface area contributed by atoms with Crippen molar-refractivity contribution in [2.75, 3.05) is 19.8 Å². The van der Waals surface area contributed by atoms with E-state index in [1.54, 1.807) is 13.8 Å². The molecule has 0 aliphatic rings. The zero-order valence-corrected chi connectivity index (χ0v) is 16.0. The lowest BCUT2D eigenvalue weighted by molar-refractivity contribution is -0.140. The summed E-state index contributed by atoms with van der Waals surface area (Å²) in [5.41, 5.74) is 0. The van der Waals surface area contributed by atoms with E-state index < -0.39 is 47.1 Å². The number of carbonyl (C=O) groups excluding carboxylic acids is 2. The van der Waals surface area contributed by atoms with E-state index in [-0.39, 0.29) is 38.1 Å². The molecule has 0 aliphatic heterocycles. The fourth-order valence-corrected chi connectivity index (χ4v) is 2.22. The molecule has 0 bridgehead atoms. The molecular formula is C18H22F5NO5. The molecule has 29 heavy (non-hydrogen) atoms. The SMILES string of the molecule is CCOC(CNC(=O)CCCCC(=O)Oc1c(F)c(F)c(F)c(F)c1F)OCC. The number of esters is 1. The Kier molecular flexibility index (Phi) is 10.5. The summed E-state index contributed by atoms with van der Waals surface area (Å²) in [5.74, 6) is -14.4. The first-order valence-electron chi connectivity index (χ1n) is 8.94. The molecule has 0 aliphatic carbocycles. The maximum absolute atomic E-state index is 13.4. The quantitative estimate of drug-likeness (QED) is 0.105. The van der Waals surface area contributed by atoms with E-state index in [1.807, 2.05) is 0 Å². The second-order valence-electron chi connectivity index (χ2n) is 5.72. The Labute approximate surface area is 164 Å². The van der Waals surface area contributed by atoms with Crippen LogP contribution in [0.4, 0.5) is 22.0 Å². The summed E-state index contributed by atoms with van der Waals surface area (Å²) >= 11 is 0. The van der Waals surface area contributed by atoms with Crippen LogP contribution in [0.15, 0.2) is 0 Å². The van der Waals surface area contributed by atoms with Gasteiger partial charge in [0.15, 0.2) is 6.29 Å². The van der Waals surface area contributed by atoms with Gasteiger partial charge in [-0.2, -0.15) is 8.78 Å². The molecule has 164 valence electrons. The van der Waals surface area contributed by atoms with Crippen LogP contribution < -0.4 is 10.1 Å². The molecular weight excluding hydrogens is 405 g/mol. The highest BCUT2D eigenvalue weighted by molar-refractivity contribution is 5.76. The van der Waals surface area contributed by atoms with Gasteiger partial charge in [-0.3, -0.25) is 9.59 Å². The number of hydrogen-bond acceptors (Lipinski definition) is 5. The standard InChI is InChI=1S/C18H22F5NO5/c1-3-27-12(28-4-2)9-24-10(25)7-5-6-8-11(26)29-18-16(22)14(20)13(19)15(21)17(18)23/h12H,3-9H2,1-2H3,(H,24,25). The first kappa shape index (κ1) is 24.8. The molecule has 0 heterocycles. The minimum atomic E-state index is -2.35. The summed E-state index contributed by atoms with van der Waals surface area (Å²) in [6, 6.07) is 0. The summed E-state index contributed by atoms with van der Waals surface area (Å²) in [6.45, 7) is 4.51. The van der Waals surface area contributed by atoms with E-state index in [0.29, 0.717) is 13.2 Å². The minimum absolute atomic E-state index is 0.0424. The molecule has 0 saturated carbocycles. The second kappa shape index (κ2) is 12.3. The van der Waals surface area contributed by atoms with Crippen LogP contribution in [0.25, 0.3) is 0 Å². The van der Waals surface area contributed by atoms with Crippen molar-refractivity contribution in [2.24, 2.45) is 0 Å². The van der Waals surface area contributed by atoms with Gasteiger partial charge in [0.25, 0.3) is 0 Å². The molecule has 0 unspecified atom stereocenters. The van der Waals surface area contributed by atoms with Crippen molar-refractivity contribution in [1.29, 1.82) is 0 Å². The molecule has 1 N–H and O–H groups in total. The smallest absolute Gasteiger partial charge is 0.311 e. The lowest BCUT2D eigenvalue weighted by Gasteiger charge is -2.17. The third-order valence-electron chi connectivity index (χ3n) is 3.59. The van der Waals surface area contributed by atoms with Gasteiger partial charge < -0.3 is 19.5 Å². The lowest BCUT2D eigenvalue weighted by Crippen LogP contribution is -2.35. The summed E-state index contributed by atoms with van der Waals surface area (Å²) in [7, 11) is 0. The molecule has 1 rings (SSSR count). The Bertz CT molecular complexity index is 681. The molecule has 0 radical (unpaired) electrons. The van der Waals surface area contributed by atoms with Crippen LogP contribution in [0.2, 0.25) is 0 Å². The summed E-state index contributed by atoms with van der Waals surface area (Å²) in [4.78, 5) is 23.3. The number of hydrogen-bond donors (Lipinski definition) is 1. The van der Waals surface area contributed by atoms with E-state index >= 15 is 0 Å². The number of nitrogens with one attached hydrogen (secondary N) is 1. The fourth-order valence-electron chi connectivity index (χ4n) is 2.22. The minimum Gasteiger partial charge on any atom is -0.420 e. The Morgan fingerprint density at radius 1 is 0.828 bits per heavy atom. The third kappa shape index (κ3) is 7.58. The topological polar surface area (TPSA) is 73.9 Å². The van der Waals surface area contributed by atoms with Crippen molar-refractivity contribution in [3.8, 4) is 5.75 Å². The number of halogens is 5. The highest BCUT2D eigenvalue weighted by atomic mass is 19.2. The zero-order valence-electron chi connectivity index (χ0n) is 16.0. The van der Waals surface area contributed by atoms with Crippen molar-refractivity contribution < 1.29 is 45.8 Å². The number of amides is 1. The van der Waals surface area contributed by atoms with E-state index in [1.165, 1.54) is 0 Å². The van der Waals surface area contributed by atoms with Crippen molar-refractivity contribution in [3.05, 3.63) is 29.1 Å². The maximum atomic E-state index is 13.4. The molecule has 1 aromatic carbocycles. The van der Waals surface area contributed by atoms with Gasteiger partial charge in [0.05, 0.1) is 6.54 Å². The van der Waals surface area contributed by atoms with Gasteiger partial charge in [-0.1, -0.05) is 0 Å². The highest BCUT2D eigenvalue weighted by Crippen LogP contribution is 2.29. The molecule has 0 saturated heterocycles. The first-order valence-corrected chi connectivity index (χ1v) is 8.94. The van der Waals surface area contributed by atoms with E-state index in [4.69, 9.17) is 9.47 Å². The van der Waals surface area contributed by atoms with Crippen LogP contribution in [0, 0.1) is 29.1 Å². The van der Waals surface area contributed by atoms with Gasteiger partial charge >= 0.3 is 5.97 Å². The monoisotopic (exact) mass is 427 g/mol. The zero-order chi connectivity index (χ0) is 22.0. The van der Waals surface area contributed by atoms with Crippen LogP contribution in [-0.2, 0) is 19.1 Å². The Hall–Kier alpha value is -2.27. The molecule has 6 nitrogen and oxygen atoms in total. The summed E-state index contributed by atoms with van der Waals surface area (Å²) in [6.07, 6.45) is -0.590. The van der Waals surface area contributed by atoms with Crippen LogP contribution in [-0.4, -0.2) is 37.9 Å². The average molecular weight is 427 g/mol. The van der Waals surface area contributed by atoms with E-state index in [2.05, 4.69) is 10.1 Å². The third-order valence-corrected chi connectivity index (χ3v) is 3.59. The molecule has 0 atom stereocenters. The van der Waals surface area contributed by atoms with Crippen LogP contribution in [0.5, 0.6) is 5.75 Å². The Morgan fingerprint density at radius 3 is 1.83 bits per heavy atom. The summed E-state index contributed by atoms with van der Waals surface area (Å²) in [5, 5.41) is 2.59. The molecule has 1 amide bonds. The van der Waals surface area contributed by atoms with Crippen molar-refractivity contribution in [1.82, 2.24) is 5.32 Å². The van der Waals surface area contributed by atoms with Gasteiger partial charge in [0.1, 0.15) is 0 Å². The molecule has 0 spiro atoms. The predicted molar refractivity (Wildman–Crippen MR) is 90.4 cm³/mol. The number of ether oxygens (including phenoxy) is 3. The van der Waals surface area contributed by atoms with Crippen molar-refractivity contribution in [2.45, 2.75) is 45.8 Å². The van der Waals surface area contributed by atoms with Crippen molar-refractivity contribution >= 4 is 11.9 Å². The Balaban J connectivity index is 2.41. The number of benzene rings is 1. The van der Waals surface area contributed by atoms with Gasteiger partial charge in [-0.25, -0.2) is 13.2 Å². The van der Waals surface area contributed by atoms with E-state index in [9.17, 15) is 31.5 Å². The van der Waals surface area contributed by atoms with Gasteiger partial charge in [0.2, 0.25) is 40.7 Å². The van der Waals surface area contributed by atoms with Gasteiger partial charge in [-0.15, -0.1) is 0 Å². The summed E-state index contributed by atoms with van der Waals surface area (Å²) < 4.78 is 80.7. The van der Waals surface area contributed by atoms with Crippen LogP contribution in [0.3, 0.4) is 0 Å². The van der Waals surface area contributed by atoms with Gasteiger partial charge in [-0.05, 0) is 26.7 Å². The maximum Gasteiger partial charge on any atom is 0.311 e. The molecule has 0 aromatic heterocycles. The van der Waals surface area contributed by atoms with Crippen LogP contribution in [0.1, 0.15) is 39.5 Å². The number of unbranched alkanes of at least 4 members (excludes halogenated alkanes) is 1. The van der Waals surface area contributed by atoms with E-state index in [0.717, 1.165) is 0 Å². The van der Waals surface area contributed by atoms with Gasteiger partial charge in [0, 0.05) is 26.1 Å². The molecule has 11 heteroatoms. The Morgan fingerprint density at radius 2 is 1.31 bits per heavy atom. The van der Waals surface area contributed by atoms with Crippen molar-refractivity contribution in [3.63, 3.8) is 0 Å². The fraction of sp³-hybridized carbons (Fsp3) is 0.556. The molecule has 1 aromatic rings.